The number of hydrogen-bond donors (Lipinski definition) is 1. The molecule has 1 aromatic carbocycles. The van der Waals surface area contributed by atoms with Gasteiger partial charge in [-0.2, -0.15) is 0 Å². The molecule has 3 heterocycles. The van der Waals surface area contributed by atoms with Gasteiger partial charge in [-0.05, 0) is 36.4 Å². The molecular weight excluding hydrogens is 410 g/mol. The van der Waals surface area contributed by atoms with Gasteiger partial charge in [-0.3, -0.25) is 4.79 Å². The Morgan fingerprint density at radius 3 is 2.83 bits per heavy atom. The number of amides is 1. The third-order valence-corrected chi connectivity index (χ3v) is 5.82. The van der Waals surface area contributed by atoms with E-state index in [0.717, 1.165) is 17.0 Å². The molecular formula is C19H17N5O3S2. The van der Waals surface area contributed by atoms with Crippen molar-refractivity contribution in [2.75, 3.05) is 18.2 Å². The van der Waals surface area contributed by atoms with Crippen LogP contribution in [-0.2, 0) is 11.8 Å². The van der Waals surface area contributed by atoms with Crippen molar-refractivity contribution in [2.24, 2.45) is 7.05 Å². The molecule has 0 saturated heterocycles. The maximum atomic E-state index is 12.3. The van der Waals surface area contributed by atoms with Gasteiger partial charge in [0.05, 0.1) is 24.8 Å². The van der Waals surface area contributed by atoms with Gasteiger partial charge in [0.25, 0.3) is 0 Å². The number of nitrogens with one attached hydrogen (secondary N) is 1. The summed E-state index contributed by atoms with van der Waals surface area (Å²) in [6.07, 6.45) is 1.58. The minimum atomic E-state index is -0.159. The summed E-state index contributed by atoms with van der Waals surface area (Å²) < 4.78 is 12.3. The number of methoxy groups -OCH3 is 1. The summed E-state index contributed by atoms with van der Waals surface area (Å²) in [6, 6.07) is 11.2. The highest BCUT2D eigenvalue weighted by molar-refractivity contribution is 7.99. The molecule has 1 N–H and O–H groups in total. The molecule has 0 atom stereocenters. The third kappa shape index (κ3) is 4.33. The summed E-state index contributed by atoms with van der Waals surface area (Å²) in [5.41, 5.74) is 1.76. The molecule has 0 saturated carbocycles. The predicted octanol–water partition coefficient (Wildman–Crippen LogP) is 3.94. The lowest BCUT2D eigenvalue weighted by atomic mass is 10.2. The smallest absolute Gasteiger partial charge is 0.236 e. The molecule has 8 nitrogen and oxygen atoms in total. The molecule has 1 amide bonds. The van der Waals surface area contributed by atoms with Crippen LogP contribution in [0, 0.1) is 0 Å². The number of hydrogen-bond acceptors (Lipinski definition) is 8. The average Bonchev–Trinajstić information content (AvgIpc) is 3.48. The van der Waals surface area contributed by atoms with E-state index in [0.29, 0.717) is 21.9 Å². The molecule has 0 unspecified atom stereocenters. The second-order valence-corrected chi connectivity index (χ2v) is 7.75. The van der Waals surface area contributed by atoms with Gasteiger partial charge in [-0.25, -0.2) is 4.98 Å². The van der Waals surface area contributed by atoms with Gasteiger partial charge in [0, 0.05) is 18.0 Å². The highest BCUT2D eigenvalue weighted by Crippen LogP contribution is 2.27. The Hall–Kier alpha value is -3.11. The standard InChI is InChI=1S/C19H17N5O3S2/c1-24-17(15-4-3-9-27-15)22-23-19(24)29-11-16(25)21-18-20-14(10-28-18)12-5-7-13(26-2)8-6-12/h3-10H,11H2,1-2H3,(H,20,21,25). The molecule has 0 bridgehead atoms. The zero-order valence-corrected chi connectivity index (χ0v) is 17.3. The lowest BCUT2D eigenvalue weighted by molar-refractivity contribution is -0.113. The Morgan fingerprint density at radius 2 is 2.10 bits per heavy atom. The molecule has 3 aromatic heterocycles. The summed E-state index contributed by atoms with van der Waals surface area (Å²) in [7, 11) is 3.46. The molecule has 4 rings (SSSR count). The van der Waals surface area contributed by atoms with E-state index in [1.807, 2.05) is 42.8 Å². The SMILES string of the molecule is COc1ccc(-c2csc(NC(=O)CSc3nnc(-c4ccco4)n3C)n2)cc1. The van der Waals surface area contributed by atoms with Gasteiger partial charge in [-0.1, -0.05) is 11.8 Å². The first kappa shape index (κ1) is 19.2. The van der Waals surface area contributed by atoms with Gasteiger partial charge < -0.3 is 19.0 Å². The highest BCUT2D eigenvalue weighted by Gasteiger charge is 2.15. The van der Waals surface area contributed by atoms with Crippen molar-refractivity contribution in [3.63, 3.8) is 0 Å². The Labute approximate surface area is 174 Å². The van der Waals surface area contributed by atoms with E-state index in [4.69, 9.17) is 9.15 Å². The molecule has 148 valence electrons. The number of benzene rings is 1. The van der Waals surface area contributed by atoms with Crippen LogP contribution in [0.4, 0.5) is 5.13 Å². The molecule has 0 spiro atoms. The van der Waals surface area contributed by atoms with E-state index >= 15 is 0 Å². The lowest BCUT2D eigenvalue weighted by Crippen LogP contribution is -2.14. The molecule has 0 aliphatic heterocycles. The molecule has 29 heavy (non-hydrogen) atoms. The summed E-state index contributed by atoms with van der Waals surface area (Å²) >= 11 is 2.68. The fourth-order valence-corrected chi connectivity index (χ4v) is 4.02. The highest BCUT2D eigenvalue weighted by atomic mass is 32.2. The zero-order chi connectivity index (χ0) is 20.2. The van der Waals surface area contributed by atoms with Crippen molar-refractivity contribution < 1.29 is 13.9 Å². The van der Waals surface area contributed by atoms with E-state index in [2.05, 4.69) is 20.5 Å². The number of carbonyl (C=O) groups excluding carboxylic acids is 1. The zero-order valence-electron chi connectivity index (χ0n) is 15.7. The Kier molecular flexibility index (Phi) is 5.63. The predicted molar refractivity (Wildman–Crippen MR) is 112 cm³/mol. The van der Waals surface area contributed by atoms with Crippen molar-refractivity contribution in [1.29, 1.82) is 0 Å². The van der Waals surface area contributed by atoms with Crippen molar-refractivity contribution in [1.82, 2.24) is 19.7 Å². The van der Waals surface area contributed by atoms with Crippen molar-refractivity contribution in [3.05, 3.63) is 48.0 Å². The van der Waals surface area contributed by atoms with Crippen LogP contribution in [-0.4, -0.2) is 38.5 Å². The van der Waals surface area contributed by atoms with Crippen LogP contribution in [0.5, 0.6) is 5.75 Å². The summed E-state index contributed by atoms with van der Waals surface area (Å²) in [5.74, 6) is 2.07. The number of thioether (sulfide) groups is 1. The number of rotatable bonds is 7. The molecule has 0 aliphatic rings. The maximum absolute atomic E-state index is 12.3. The maximum Gasteiger partial charge on any atom is 0.236 e. The molecule has 0 fully saturated rings. The van der Waals surface area contributed by atoms with Crippen LogP contribution < -0.4 is 10.1 Å². The van der Waals surface area contributed by atoms with Crippen molar-refractivity contribution in [2.45, 2.75) is 5.16 Å². The molecule has 0 radical (unpaired) electrons. The number of aromatic nitrogens is 4. The van der Waals surface area contributed by atoms with Gasteiger partial charge in [0.2, 0.25) is 5.91 Å². The van der Waals surface area contributed by atoms with Crippen LogP contribution in [0.2, 0.25) is 0 Å². The van der Waals surface area contributed by atoms with Gasteiger partial charge in [0.15, 0.2) is 21.9 Å². The van der Waals surface area contributed by atoms with Gasteiger partial charge in [0.1, 0.15) is 5.75 Å². The minimum absolute atomic E-state index is 0.159. The Balaban J connectivity index is 1.35. The topological polar surface area (TPSA) is 95.1 Å². The minimum Gasteiger partial charge on any atom is -0.497 e. The van der Waals surface area contributed by atoms with E-state index in [1.165, 1.54) is 23.1 Å². The van der Waals surface area contributed by atoms with Gasteiger partial charge >= 0.3 is 0 Å². The van der Waals surface area contributed by atoms with E-state index in [-0.39, 0.29) is 11.7 Å². The van der Waals surface area contributed by atoms with Crippen LogP contribution in [0.15, 0.2) is 57.6 Å². The van der Waals surface area contributed by atoms with E-state index in [1.54, 1.807) is 24.0 Å². The lowest BCUT2D eigenvalue weighted by Gasteiger charge is -2.03. The van der Waals surface area contributed by atoms with Crippen LogP contribution in [0.3, 0.4) is 0 Å². The number of anilines is 1. The third-order valence-electron chi connectivity index (χ3n) is 4.05. The molecule has 10 heteroatoms. The average molecular weight is 428 g/mol. The summed E-state index contributed by atoms with van der Waals surface area (Å²) in [6.45, 7) is 0. The second kappa shape index (κ2) is 8.50. The quantitative estimate of drug-likeness (QED) is 0.446. The first-order valence-corrected chi connectivity index (χ1v) is 10.5. The van der Waals surface area contributed by atoms with E-state index < -0.39 is 0 Å². The fourth-order valence-electron chi connectivity index (χ4n) is 2.57. The monoisotopic (exact) mass is 427 g/mol. The number of carbonyl (C=O) groups is 1. The number of furan rings is 1. The summed E-state index contributed by atoms with van der Waals surface area (Å²) in [5, 5.41) is 14.2. The van der Waals surface area contributed by atoms with E-state index in [9.17, 15) is 4.79 Å². The largest absolute Gasteiger partial charge is 0.497 e. The fraction of sp³-hybridized carbons (Fsp3) is 0.158. The van der Waals surface area contributed by atoms with Crippen LogP contribution in [0.1, 0.15) is 0 Å². The van der Waals surface area contributed by atoms with Crippen molar-refractivity contribution in [3.8, 4) is 28.6 Å². The Morgan fingerprint density at radius 1 is 1.28 bits per heavy atom. The Bertz CT molecular complexity index is 1100. The van der Waals surface area contributed by atoms with Crippen molar-refractivity contribution >= 4 is 34.1 Å². The van der Waals surface area contributed by atoms with Gasteiger partial charge in [-0.15, -0.1) is 21.5 Å². The molecule has 4 aromatic rings. The summed E-state index contributed by atoms with van der Waals surface area (Å²) in [4.78, 5) is 16.8. The first-order chi connectivity index (χ1) is 14.1. The van der Waals surface area contributed by atoms with Crippen LogP contribution >= 0.6 is 23.1 Å². The number of ether oxygens (including phenoxy) is 1. The first-order valence-electron chi connectivity index (χ1n) is 8.60. The number of nitrogens with zero attached hydrogens (tertiary/aromatic N) is 4. The normalized spacial score (nSPS) is 10.8. The second-order valence-electron chi connectivity index (χ2n) is 5.95. The number of thiazole rings is 1. The molecule has 0 aliphatic carbocycles. The van der Waals surface area contributed by atoms with Crippen LogP contribution in [0.25, 0.3) is 22.8 Å².